The van der Waals surface area contributed by atoms with E-state index in [1.54, 1.807) is 35.2 Å². The minimum Gasteiger partial charge on any atom is -0.467 e. The standard InChI is InChI=1S/C22H23N5O3/c1-3-4-9-26-18(23)16(21(28)24-13-15-8-6-11-30-15)12-17-20(26)25-19-14(2)7-5-10-27(19)22(17)29/h5-8,10-12,23H,3-4,9,13H2,1-2H3,(H,24,28)/p+1. The van der Waals surface area contributed by atoms with Gasteiger partial charge in [0.05, 0.1) is 19.4 Å². The summed E-state index contributed by atoms with van der Waals surface area (Å²) >= 11 is 0. The van der Waals surface area contributed by atoms with Gasteiger partial charge in [-0.15, -0.1) is 0 Å². The lowest BCUT2D eigenvalue weighted by atomic mass is 10.1. The molecule has 1 amide bonds. The number of hydrogen-bond acceptors (Lipinski definition) is 5. The fourth-order valence-corrected chi connectivity index (χ4v) is 3.51. The van der Waals surface area contributed by atoms with Crippen molar-refractivity contribution in [1.29, 1.82) is 0 Å². The number of aryl methyl sites for hydroxylation is 2. The second kappa shape index (κ2) is 7.98. The van der Waals surface area contributed by atoms with Gasteiger partial charge in [-0.1, -0.05) is 24.4 Å². The molecule has 0 aliphatic carbocycles. The molecule has 0 bridgehead atoms. The Hall–Kier alpha value is -3.68. The smallest absolute Gasteiger partial charge is 0.278 e. The molecule has 4 heterocycles. The van der Waals surface area contributed by atoms with E-state index in [-0.39, 0.29) is 29.4 Å². The van der Waals surface area contributed by atoms with Crippen molar-refractivity contribution in [3.05, 3.63) is 70.0 Å². The van der Waals surface area contributed by atoms with Crippen LogP contribution in [0.3, 0.4) is 0 Å². The van der Waals surface area contributed by atoms with Crippen LogP contribution < -0.4 is 21.2 Å². The van der Waals surface area contributed by atoms with Gasteiger partial charge in [-0.2, -0.15) is 0 Å². The van der Waals surface area contributed by atoms with Crippen molar-refractivity contribution in [3.8, 4) is 0 Å². The number of amides is 1. The maximum Gasteiger partial charge on any atom is 0.278 e. The number of aromatic nitrogens is 3. The molecule has 4 aromatic rings. The first-order valence-corrected chi connectivity index (χ1v) is 9.96. The molecule has 0 spiro atoms. The van der Waals surface area contributed by atoms with Crippen LogP contribution in [0.5, 0.6) is 0 Å². The van der Waals surface area contributed by atoms with Gasteiger partial charge >= 0.3 is 0 Å². The first-order valence-electron chi connectivity index (χ1n) is 9.96. The first-order chi connectivity index (χ1) is 14.5. The molecule has 0 unspecified atom stereocenters. The average Bonchev–Trinajstić information content (AvgIpc) is 3.26. The lowest BCUT2D eigenvalue weighted by Gasteiger charge is -2.12. The number of nitrogen functional groups attached to an aromatic ring is 1. The van der Waals surface area contributed by atoms with Gasteiger partial charge in [0.15, 0.2) is 0 Å². The molecule has 3 N–H and O–H groups in total. The number of carbonyl (C=O) groups excluding carboxylic acids is 1. The Morgan fingerprint density at radius 1 is 1.33 bits per heavy atom. The second-order valence-electron chi connectivity index (χ2n) is 7.25. The SMILES string of the molecule is CCCC[n+]1c(N)c(C(=O)NCc2ccco2)cc2c(=O)n3cccc(C)c3nc21. The van der Waals surface area contributed by atoms with Crippen LogP contribution in [0.1, 0.15) is 41.4 Å². The van der Waals surface area contributed by atoms with Gasteiger partial charge in [-0.05, 0) is 37.6 Å². The van der Waals surface area contributed by atoms with Crippen LogP contribution in [0, 0.1) is 6.92 Å². The number of nitrogens with two attached hydrogens (primary N) is 1. The Bertz CT molecular complexity index is 1290. The van der Waals surface area contributed by atoms with Crippen LogP contribution in [-0.4, -0.2) is 15.3 Å². The maximum atomic E-state index is 13.2. The number of hydrogen-bond donors (Lipinski definition) is 2. The molecule has 0 radical (unpaired) electrons. The molecule has 8 heteroatoms. The van der Waals surface area contributed by atoms with Gasteiger partial charge in [0.2, 0.25) is 11.5 Å². The summed E-state index contributed by atoms with van der Waals surface area (Å²) < 4.78 is 8.54. The number of rotatable bonds is 6. The van der Waals surface area contributed by atoms with E-state index in [1.807, 2.05) is 13.0 Å². The summed E-state index contributed by atoms with van der Waals surface area (Å²) in [5, 5.41) is 3.15. The number of carbonyl (C=O) groups is 1. The summed E-state index contributed by atoms with van der Waals surface area (Å²) in [6.45, 7) is 4.77. The number of fused-ring (bicyclic) bond motifs is 2. The average molecular weight is 406 g/mol. The van der Waals surface area contributed by atoms with Crippen molar-refractivity contribution < 1.29 is 13.8 Å². The molecule has 0 aromatic carbocycles. The summed E-state index contributed by atoms with van der Waals surface area (Å²) in [5.74, 6) is 0.548. The van der Waals surface area contributed by atoms with E-state index in [9.17, 15) is 9.59 Å². The van der Waals surface area contributed by atoms with Crippen LogP contribution in [0.4, 0.5) is 5.82 Å². The quantitative estimate of drug-likeness (QED) is 0.378. The van der Waals surface area contributed by atoms with E-state index in [0.29, 0.717) is 29.0 Å². The third-order valence-corrected chi connectivity index (χ3v) is 5.16. The monoisotopic (exact) mass is 406 g/mol. The van der Waals surface area contributed by atoms with Gasteiger partial charge in [-0.3, -0.25) is 14.0 Å². The Labute approximate surface area is 173 Å². The number of anilines is 1. The summed E-state index contributed by atoms with van der Waals surface area (Å²) in [7, 11) is 0. The lowest BCUT2D eigenvalue weighted by Crippen LogP contribution is -2.42. The molecule has 0 saturated carbocycles. The molecule has 4 rings (SSSR count). The molecule has 0 fully saturated rings. The number of nitrogens with one attached hydrogen (secondary N) is 1. The highest BCUT2D eigenvalue weighted by Crippen LogP contribution is 2.16. The molecular formula is C22H24N5O3+. The van der Waals surface area contributed by atoms with E-state index in [4.69, 9.17) is 15.1 Å². The van der Waals surface area contributed by atoms with Gasteiger partial charge < -0.3 is 15.5 Å². The Morgan fingerprint density at radius 2 is 2.17 bits per heavy atom. The fourth-order valence-electron chi connectivity index (χ4n) is 3.51. The van der Waals surface area contributed by atoms with Crippen LogP contribution in [0.15, 0.2) is 52.0 Å². The van der Waals surface area contributed by atoms with Crippen LogP contribution in [0.25, 0.3) is 16.7 Å². The predicted molar refractivity (Wildman–Crippen MR) is 113 cm³/mol. The van der Waals surface area contributed by atoms with Crippen molar-refractivity contribution in [3.63, 3.8) is 0 Å². The maximum absolute atomic E-state index is 13.2. The number of unbranched alkanes of at least 4 members (excludes halogenated alkanes) is 1. The highest BCUT2D eigenvalue weighted by Gasteiger charge is 2.24. The van der Waals surface area contributed by atoms with E-state index in [1.165, 1.54) is 10.5 Å². The largest absolute Gasteiger partial charge is 0.467 e. The first kappa shape index (κ1) is 19.6. The highest BCUT2D eigenvalue weighted by molar-refractivity contribution is 6.00. The highest BCUT2D eigenvalue weighted by atomic mass is 16.3. The minimum atomic E-state index is -0.371. The molecular weight excluding hydrogens is 382 g/mol. The second-order valence-corrected chi connectivity index (χ2v) is 7.25. The summed E-state index contributed by atoms with van der Waals surface area (Å²) in [5.41, 5.74) is 8.37. The van der Waals surface area contributed by atoms with Crippen LogP contribution in [0.2, 0.25) is 0 Å². The van der Waals surface area contributed by atoms with Crippen molar-refractivity contribution in [2.45, 2.75) is 39.8 Å². The summed E-state index contributed by atoms with van der Waals surface area (Å²) in [6.07, 6.45) is 5.01. The summed E-state index contributed by atoms with van der Waals surface area (Å²) in [4.78, 5) is 30.8. The number of furan rings is 1. The van der Waals surface area contributed by atoms with E-state index in [0.717, 1.165) is 18.4 Å². The Morgan fingerprint density at radius 3 is 2.90 bits per heavy atom. The molecule has 30 heavy (non-hydrogen) atoms. The molecule has 0 atom stereocenters. The third kappa shape index (κ3) is 3.41. The van der Waals surface area contributed by atoms with Gasteiger partial charge in [-0.25, -0.2) is 4.57 Å². The number of nitrogens with zero attached hydrogens (tertiary/aromatic N) is 3. The molecule has 8 nitrogen and oxygen atoms in total. The van der Waals surface area contributed by atoms with Crippen LogP contribution >= 0.6 is 0 Å². The van der Waals surface area contributed by atoms with Crippen molar-refractivity contribution in [2.24, 2.45) is 0 Å². The molecule has 0 aliphatic heterocycles. The van der Waals surface area contributed by atoms with Crippen molar-refractivity contribution >= 4 is 28.4 Å². The molecule has 4 aromatic heterocycles. The van der Waals surface area contributed by atoms with Gasteiger partial charge in [0.1, 0.15) is 16.7 Å². The molecule has 0 aliphatic rings. The molecule has 154 valence electrons. The van der Waals surface area contributed by atoms with E-state index in [2.05, 4.69) is 12.2 Å². The minimum absolute atomic E-state index is 0.229. The van der Waals surface area contributed by atoms with Gasteiger partial charge in [0, 0.05) is 11.8 Å². The van der Waals surface area contributed by atoms with Crippen LogP contribution in [-0.2, 0) is 13.1 Å². The van der Waals surface area contributed by atoms with Crippen molar-refractivity contribution in [2.75, 3.05) is 5.73 Å². The fraction of sp³-hybridized carbons (Fsp3) is 0.273. The van der Waals surface area contributed by atoms with Crippen molar-refractivity contribution in [1.82, 2.24) is 14.7 Å². The summed E-state index contributed by atoms with van der Waals surface area (Å²) in [6, 6.07) is 8.77. The number of pyridine rings is 2. The Balaban J connectivity index is 1.89. The lowest BCUT2D eigenvalue weighted by molar-refractivity contribution is -0.659. The zero-order valence-electron chi connectivity index (χ0n) is 17.0. The third-order valence-electron chi connectivity index (χ3n) is 5.16. The van der Waals surface area contributed by atoms with E-state index < -0.39 is 0 Å². The van der Waals surface area contributed by atoms with E-state index >= 15 is 0 Å². The predicted octanol–water partition coefficient (Wildman–Crippen LogP) is 2.35. The normalized spacial score (nSPS) is 11.3. The molecule has 0 saturated heterocycles. The zero-order chi connectivity index (χ0) is 21.3. The van der Waals surface area contributed by atoms with Gasteiger partial charge in [0.25, 0.3) is 17.1 Å². The zero-order valence-corrected chi connectivity index (χ0v) is 17.0. The Kier molecular flexibility index (Phi) is 5.22. The topological polar surface area (TPSA) is 107 Å².